The smallest absolute Gasteiger partial charge is 0.320 e. The largest absolute Gasteiger partial charge is 0.480 e. The first-order valence-corrected chi connectivity index (χ1v) is 8.39. The first kappa shape index (κ1) is 15.5. The van der Waals surface area contributed by atoms with Gasteiger partial charge in [0.05, 0.1) is 5.01 Å². The lowest BCUT2D eigenvalue weighted by molar-refractivity contribution is -0.142. The minimum Gasteiger partial charge on any atom is -0.480 e. The fourth-order valence-electron chi connectivity index (χ4n) is 3.05. The summed E-state index contributed by atoms with van der Waals surface area (Å²) in [6, 6.07) is 7.37. The number of benzene rings is 1. The highest BCUT2D eigenvalue weighted by Crippen LogP contribution is 2.38. The van der Waals surface area contributed by atoms with Gasteiger partial charge in [-0.25, -0.2) is 4.98 Å². The van der Waals surface area contributed by atoms with E-state index in [1.165, 1.54) is 0 Å². The molecule has 0 saturated carbocycles. The Morgan fingerprint density at radius 1 is 1.41 bits per heavy atom. The maximum atomic E-state index is 11.6. The summed E-state index contributed by atoms with van der Waals surface area (Å²) in [5.74, 6) is -0.752. The number of nitrogens with zero attached hydrogens (tertiary/aromatic N) is 2. The summed E-state index contributed by atoms with van der Waals surface area (Å²) >= 11 is 7.57. The van der Waals surface area contributed by atoms with E-state index in [2.05, 4.69) is 9.88 Å². The molecule has 1 aromatic carbocycles. The number of thiazole rings is 1. The van der Waals surface area contributed by atoms with Crippen molar-refractivity contribution in [1.29, 1.82) is 0 Å². The zero-order valence-corrected chi connectivity index (χ0v) is 13.8. The van der Waals surface area contributed by atoms with Gasteiger partial charge in [0.25, 0.3) is 0 Å². The Morgan fingerprint density at radius 3 is 2.73 bits per heavy atom. The monoisotopic (exact) mass is 336 g/mol. The Morgan fingerprint density at radius 2 is 2.14 bits per heavy atom. The van der Waals surface area contributed by atoms with Crippen molar-refractivity contribution in [2.24, 2.45) is 0 Å². The maximum Gasteiger partial charge on any atom is 0.320 e. The molecule has 2 aromatic rings. The summed E-state index contributed by atoms with van der Waals surface area (Å²) in [4.78, 5) is 19.0. The number of aromatic nitrogens is 1. The van der Waals surface area contributed by atoms with Crippen molar-refractivity contribution in [1.82, 2.24) is 9.88 Å². The van der Waals surface area contributed by atoms with E-state index in [9.17, 15) is 9.90 Å². The highest BCUT2D eigenvalue weighted by atomic mass is 35.5. The molecule has 22 heavy (non-hydrogen) atoms. The second-order valence-electron chi connectivity index (χ2n) is 5.52. The second kappa shape index (κ2) is 6.36. The number of carbonyl (C=O) groups is 1. The normalized spacial score (nSPS) is 22.1. The van der Waals surface area contributed by atoms with Gasteiger partial charge in [-0.05, 0) is 37.5 Å². The van der Waals surface area contributed by atoms with E-state index in [1.54, 1.807) is 11.3 Å². The Kier molecular flexibility index (Phi) is 4.47. The molecule has 0 bridgehead atoms. The average Bonchev–Trinajstić information content (AvgIpc) is 3.07. The number of likely N-dealkylation sites (tertiary alicyclic amines) is 1. The van der Waals surface area contributed by atoms with Crippen LogP contribution in [-0.2, 0) is 11.3 Å². The van der Waals surface area contributed by atoms with Gasteiger partial charge in [0.15, 0.2) is 0 Å². The van der Waals surface area contributed by atoms with Crippen molar-refractivity contribution in [3.8, 4) is 0 Å². The van der Waals surface area contributed by atoms with Crippen molar-refractivity contribution in [2.75, 3.05) is 0 Å². The summed E-state index contributed by atoms with van der Waals surface area (Å²) < 4.78 is 0. The molecule has 0 amide bonds. The topological polar surface area (TPSA) is 53.4 Å². The molecule has 1 aliphatic heterocycles. The molecule has 1 aliphatic rings. The lowest BCUT2D eigenvalue weighted by atomic mass is 10.0. The molecular weight excluding hydrogens is 320 g/mol. The van der Waals surface area contributed by atoms with Gasteiger partial charge in [-0.2, -0.15) is 0 Å². The summed E-state index contributed by atoms with van der Waals surface area (Å²) in [7, 11) is 0. The van der Waals surface area contributed by atoms with Crippen molar-refractivity contribution < 1.29 is 9.90 Å². The molecule has 1 saturated heterocycles. The first-order valence-electron chi connectivity index (χ1n) is 7.20. The molecule has 1 aromatic heterocycles. The SMILES string of the molecule is Cc1ncc(CN2[C@H](C(=O)O)CC[C@H]2c2ccc(Cl)cc2)s1. The van der Waals surface area contributed by atoms with Crippen LogP contribution in [0.3, 0.4) is 0 Å². The van der Waals surface area contributed by atoms with Gasteiger partial charge in [-0.3, -0.25) is 9.69 Å². The number of aryl methyl sites for hydroxylation is 1. The number of carboxylic acid groups (broad SMARTS) is 1. The number of hydrogen-bond acceptors (Lipinski definition) is 4. The molecule has 3 rings (SSSR count). The van der Waals surface area contributed by atoms with Crippen LogP contribution in [0.15, 0.2) is 30.5 Å². The molecule has 116 valence electrons. The van der Waals surface area contributed by atoms with Crippen molar-refractivity contribution in [3.63, 3.8) is 0 Å². The maximum absolute atomic E-state index is 11.6. The first-order chi connectivity index (χ1) is 10.5. The van der Waals surface area contributed by atoms with Crippen LogP contribution in [0.25, 0.3) is 0 Å². The zero-order valence-electron chi connectivity index (χ0n) is 12.2. The standard InChI is InChI=1S/C16H17ClN2O2S/c1-10-18-8-13(22-10)9-19-14(6-7-15(19)16(20)21)11-2-4-12(17)5-3-11/h2-5,8,14-15H,6-7,9H2,1H3,(H,20,21)/t14-,15-/m0/s1. The van der Waals surface area contributed by atoms with E-state index in [-0.39, 0.29) is 6.04 Å². The number of carboxylic acids is 1. The second-order valence-corrected chi connectivity index (χ2v) is 7.27. The van der Waals surface area contributed by atoms with Crippen LogP contribution in [0.4, 0.5) is 0 Å². The van der Waals surface area contributed by atoms with Crippen LogP contribution in [-0.4, -0.2) is 27.0 Å². The van der Waals surface area contributed by atoms with Crippen molar-refractivity contribution >= 4 is 28.9 Å². The van der Waals surface area contributed by atoms with Crippen LogP contribution >= 0.6 is 22.9 Å². The van der Waals surface area contributed by atoms with Crippen molar-refractivity contribution in [2.45, 2.75) is 38.4 Å². The van der Waals surface area contributed by atoms with E-state index >= 15 is 0 Å². The summed E-state index contributed by atoms with van der Waals surface area (Å²) in [6.45, 7) is 2.58. The molecular formula is C16H17ClN2O2S. The molecule has 0 unspecified atom stereocenters. The molecule has 1 N–H and O–H groups in total. The quantitative estimate of drug-likeness (QED) is 0.920. The zero-order chi connectivity index (χ0) is 15.7. The molecule has 1 fully saturated rings. The van der Waals surface area contributed by atoms with E-state index in [0.717, 1.165) is 21.9 Å². The number of hydrogen-bond donors (Lipinski definition) is 1. The minimum atomic E-state index is -0.752. The van der Waals surface area contributed by atoms with E-state index in [4.69, 9.17) is 11.6 Å². The van der Waals surface area contributed by atoms with Crippen LogP contribution in [0, 0.1) is 6.92 Å². The van der Waals surface area contributed by atoms with E-state index < -0.39 is 12.0 Å². The Bertz CT molecular complexity index is 671. The predicted octanol–water partition coefficient (Wildman–Crippen LogP) is 3.90. The highest BCUT2D eigenvalue weighted by molar-refractivity contribution is 7.11. The molecule has 6 heteroatoms. The molecule has 0 spiro atoms. The Labute approximate surface area is 138 Å². The average molecular weight is 337 g/mol. The van der Waals surface area contributed by atoms with Crippen LogP contribution in [0.5, 0.6) is 0 Å². The third kappa shape index (κ3) is 3.16. The number of rotatable bonds is 4. The summed E-state index contributed by atoms with van der Waals surface area (Å²) in [5, 5.41) is 11.2. The van der Waals surface area contributed by atoms with Gasteiger partial charge in [-0.15, -0.1) is 11.3 Å². The molecule has 2 atom stereocenters. The lowest BCUT2D eigenvalue weighted by Crippen LogP contribution is -2.36. The van der Waals surface area contributed by atoms with E-state index in [1.807, 2.05) is 37.4 Å². The Balaban J connectivity index is 1.87. The number of halogens is 1. The third-order valence-electron chi connectivity index (χ3n) is 4.06. The van der Waals surface area contributed by atoms with Gasteiger partial charge >= 0.3 is 5.97 Å². The Hall–Kier alpha value is -1.43. The van der Waals surface area contributed by atoms with Gasteiger partial charge in [0.2, 0.25) is 0 Å². The summed E-state index contributed by atoms with van der Waals surface area (Å²) in [6.07, 6.45) is 3.35. The molecule has 4 nitrogen and oxygen atoms in total. The predicted molar refractivity (Wildman–Crippen MR) is 87.2 cm³/mol. The summed E-state index contributed by atoms with van der Waals surface area (Å²) in [5.41, 5.74) is 1.12. The van der Waals surface area contributed by atoms with Crippen LogP contribution in [0.1, 0.15) is 34.3 Å². The molecule has 2 heterocycles. The fraction of sp³-hybridized carbons (Fsp3) is 0.375. The molecule has 0 radical (unpaired) electrons. The molecule has 0 aliphatic carbocycles. The fourth-order valence-corrected chi connectivity index (χ4v) is 3.98. The van der Waals surface area contributed by atoms with Gasteiger partial charge in [-0.1, -0.05) is 23.7 Å². The minimum absolute atomic E-state index is 0.112. The highest BCUT2D eigenvalue weighted by Gasteiger charge is 2.38. The van der Waals surface area contributed by atoms with Crippen LogP contribution < -0.4 is 0 Å². The van der Waals surface area contributed by atoms with Gasteiger partial charge in [0.1, 0.15) is 6.04 Å². The van der Waals surface area contributed by atoms with Crippen molar-refractivity contribution in [3.05, 3.63) is 50.9 Å². The van der Waals surface area contributed by atoms with Crippen LogP contribution in [0.2, 0.25) is 5.02 Å². The van der Waals surface area contributed by atoms with Gasteiger partial charge in [0, 0.05) is 28.7 Å². The lowest BCUT2D eigenvalue weighted by Gasteiger charge is -2.27. The number of aliphatic carboxylic acids is 1. The van der Waals surface area contributed by atoms with E-state index in [0.29, 0.717) is 18.0 Å². The third-order valence-corrected chi connectivity index (χ3v) is 5.21. The van der Waals surface area contributed by atoms with Gasteiger partial charge < -0.3 is 5.11 Å².